The van der Waals surface area contributed by atoms with E-state index < -0.39 is 10.7 Å². The molecule has 0 amide bonds. The Bertz CT molecular complexity index is 441. The van der Waals surface area contributed by atoms with Gasteiger partial charge in [-0.15, -0.1) is 0 Å². The second-order valence-electron chi connectivity index (χ2n) is 3.95. The van der Waals surface area contributed by atoms with Gasteiger partial charge in [-0.05, 0) is 12.5 Å². The van der Waals surface area contributed by atoms with Crippen LogP contribution in [0.2, 0.25) is 0 Å². The summed E-state index contributed by atoms with van der Waals surface area (Å²) in [6, 6.07) is 4.54. The van der Waals surface area contributed by atoms with Crippen molar-refractivity contribution in [3.05, 3.63) is 39.4 Å². The van der Waals surface area contributed by atoms with Crippen LogP contribution < -0.4 is 5.73 Å². The SMILES string of the molecule is CC1(c2cc([N+](=O)[O-])ccc2CN)OCCO1. The lowest BCUT2D eigenvalue weighted by Crippen LogP contribution is -2.25. The molecule has 0 aromatic heterocycles. The topological polar surface area (TPSA) is 87.6 Å². The minimum atomic E-state index is -0.930. The summed E-state index contributed by atoms with van der Waals surface area (Å²) in [5.74, 6) is -0.930. The summed E-state index contributed by atoms with van der Waals surface area (Å²) in [6.07, 6.45) is 0. The summed E-state index contributed by atoms with van der Waals surface area (Å²) in [6.45, 7) is 2.99. The van der Waals surface area contributed by atoms with Crippen molar-refractivity contribution in [3.63, 3.8) is 0 Å². The van der Waals surface area contributed by atoms with Gasteiger partial charge in [-0.2, -0.15) is 0 Å². The Kier molecular flexibility index (Phi) is 3.10. The Morgan fingerprint density at radius 1 is 1.47 bits per heavy atom. The number of nitro groups is 1. The van der Waals surface area contributed by atoms with E-state index in [9.17, 15) is 10.1 Å². The highest BCUT2D eigenvalue weighted by atomic mass is 16.7. The van der Waals surface area contributed by atoms with Gasteiger partial charge in [0.15, 0.2) is 5.79 Å². The molecule has 0 spiro atoms. The summed E-state index contributed by atoms with van der Waals surface area (Å²) < 4.78 is 11.0. The Hall–Kier alpha value is -1.50. The second-order valence-corrected chi connectivity index (χ2v) is 3.95. The van der Waals surface area contributed by atoms with Crippen LogP contribution in [0.25, 0.3) is 0 Å². The van der Waals surface area contributed by atoms with Crippen molar-refractivity contribution in [1.29, 1.82) is 0 Å². The Balaban J connectivity index is 2.49. The monoisotopic (exact) mass is 238 g/mol. The van der Waals surface area contributed by atoms with Crippen molar-refractivity contribution >= 4 is 5.69 Å². The number of nitrogens with two attached hydrogens (primary N) is 1. The Morgan fingerprint density at radius 3 is 2.65 bits per heavy atom. The summed E-state index contributed by atoms with van der Waals surface area (Å²) in [4.78, 5) is 10.3. The number of nitrogens with zero attached hydrogens (tertiary/aromatic N) is 1. The zero-order valence-corrected chi connectivity index (χ0v) is 9.51. The molecule has 0 unspecified atom stereocenters. The summed E-state index contributed by atoms with van der Waals surface area (Å²) in [7, 11) is 0. The molecule has 0 saturated carbocycles. The van der Waals surface area contributed by atoms with Crippen LogP contribution in [0.5, 0.6) is 0 Å². The van der Waals surface area contributed by atoms with E-state index in [1.165, 1.54) is 12.1 Å². The van der Waals surface area contributed by atoms with Crippen molar-refractivity contribution in [1.82, 2.24) is 0 Å². The molecular weight excluding hydrogens is 224 g/mol. The van der Waals surface area contributed by atoms with Crippen molar-refractivity contribution in [2.45, 2.75) is 19.3 Å². The zero-order chi connectivity index (χ0) is 12.5. The van der Waals surface area contributed by atoms with Crippen LogP contribution in [0.1, 0.15) is 18.1 Å². The molecule has 0 atom stereocenters. The number of non-ortho nitro benzene ring substituents is 1. The molecule has 1 heterocycles. The van der Waals surface area contributed by atoms with E-state index in [4.69, 9.17) is 15.2 Å². The maximum Gasteiger partial charge on any atom is 0.269 e. The van der Waals surface area contributed by atoms with E-state index in [0.29, 0.717) is 18.8 Å². The standard InChI is InChI=1S/C11H14N2O4/c1-11(16-4-5-17-11)10-6-9(13(14)15)3-2-8(10)7-12/h2-3,6H,4-5,7,12H2,1H3. The second kappa shape index (κ2) is 4.40. The van der Waals surface area contributed by atoms with Crippen LogP contribution in [0.4, 0.5) is 5.69 Å². The Labute approximate surface area is 98.5 Å². The van der Waals surface area contributed by atoms with E-state index in [1.54, 1.807) is 13.0 Å². The third kappa shape index (κ3) is 2.14. The van der Waals surface area contributed by atoms with E-state index in [1.807, 2.05) is 0 Å². The third-order valence-electron chi connectivity index (χ3n) is 2.85. The van der Waals surface area contributed by atoms with Crippen molar-refractivity contribution in [2.24, 2.45) is 5.73 Å². The number of benzene rings is 1. The first kappa shape index (κ1) is 12.0. The van der Waals surface area contributed by atoms with Gasteiger partial charge in [-0.1, -0.05) is 6.07 Å². The molecule has 1 aliphatic heterocycles. The van der Waals surface area contributed by atoms with Crippen LogP contribution in [-0.2, 0) is 21.8 Å². The minimum absolute atomic E-state index is 0.0116. The molecule has 1 aromatic carbocycles. The van der Waals surface area contributed by atoms with Gasteiger partial charge in [0, 0.05) is 24.2 Å². The van der Waals surface area contributed by atoms with Crippen molar-refractivity contribution < 1.29 is 14.4 Å². The van der Waals surface area contributed by atoms with E-state index in [2.05, 4.69) is 0 Å². The van der Waals surface area contributed by atoms with Crippen LogP contribution in [0, 0.1) is 10.1 Å². The molecule has 6 nitrogen and oxygen atoms in total. The number of hydrogen-bond acceptors (Lipinski definition) is 5. The summed E-state index contributed by atoms with van der Waals surface area (Å²) >= 11 is 0. The predicted molar refractivity (Wildman–Crippen MR) is 60.2 cm³/mol. The average Bonchev–Trinajstić information content (AvgIpc) is 2.76. The molecule has 2 N–H and O–H groups in total. The number of rotatable bonds is 3. The normalized spacial score (nSPS) is 18.2. The lowest BCUT2D eigenvalue weighted by Gasteiger charge is -2.24. The lowest BCUT2D eigenvalue weighted by atomic mass is 9.99. The first-order valence-corrected chi connectivity index (χ1v) is 5.32. The molecule has 17 heavy (non-hydrogen) atoms. The largest absolute Gasteiger partial charge is 0.344 e. The fraction of sp³-hybridized carbons (Fsp3) is 0.455. The first-order chi connectivity index (χ1) is 8.07. The highest BCUT2D eigenvalue weighted by Gasteiger charge is 2.36. The van der Waals surface area contributed by atoms with E-state index >= 15 is 0 Å². The first-order valence-electron chi connectivity index (χ1n) is 5.32. The fourth-order valence-electron chi connectivity index (χ4n) is 1.95. The van der Waals surface area contributed by atoms with Crippen LogP contribution in [0.15, 0.2) is 18.2 Å². The van der Waals surface area contributed by atoms with Crippen LogP contribution in [0.3, 0.4) is 0 Å². The minimum Gasteiger partial charge on any atom is -0.344 e. The maximum atomic E-state index is 10.8. The van der Waals surface area contributed by atoms with Gasteiger partial charge in [-0.25, -0.2) is 0 Å². The highest BCUT2D eigenvalue weighted by Crippen LogP contribution is 2.35. The molecule has 6 heteroatoms. The molecule has 1 aliphatic rings. The predicted octanol–water partition coefficient (Wildman–Crippen LogP) is 1.27. The molecule has 0 bridgehead atoms. The molecule has 2 rings (SSSR count). The van der Waals surface area contributed by atoms with Gasteiger partial charge in [0.05, 0.1) is 18.1 Å². The van der Waals surface area contributed by atoms with E-state index in [0.717, 1.165) is 5.56 Å². The van der Waals surface area contributed by atoms with Crippen LogP contribution in [-0.4, -0.2) is 18.1 Å². The van der Waals surface area contributed by atoms with Gasteiger partial charge >= 0.3 is 0 Å². The maximum absolute atomic E-state index is 10.8. The molecule has 0 aliphatic carbocycles. The molecule has 92 valence electrons. The Morgan fingerprint density at radius 2 is 2.12 bits per heavy atom. The number of hydrogen-bond donors (Lipinski definition) is 1. The smallest absolute Gasteiger partial charge is 0.269 e. The van der Waals surface area contributed by atoms with Crippen molar-refractivity contribution in [3.8, 4) is 0 Å². The molecule has 1 fully saturated rings. The number of nitro benzene ring substituents is 1. The highest BCUT2D eigenvalue weighted by molar-refractivity contribution is 5.42. The van der Waals surface area contributed by atoms with Gasteiger partial charge < -0.3 is 15.2 Å². The zero-order valence-electron chi connectivity index (χ0n) is 9.51. The average molecular weight is 238 g/mol. The van der Waals surface area contributed by atoms with Crippen LogP contribution >= 0.6 is 0 Å². The van der Waals surface area contributed by atoms with Gasteiger partial charge in [0.2, 0.25) is 0 Å². The lowest BCUT2D eigenvalue weighted by molar-refractivity contribution is -0.385. The molecular formula is C11H14N2O4. The van der Waals surface area contributed by atoms with Crippen molar-refractivity contribution in [2.75, 3.05) is 13.2 Å². The molecule has 1 aromatic rings. The molecule has 0 radical (unpaired) electrons. The third-order valence-corrected chi connectivity index (χ3v) is 2.85. The molecule has 1 saturated heterocycles. The van der Waals surface area contributed by atoms with Gasteiger partial charge in [-0.3, -0.25) is 10.1 Å². The summed E-state index contributed by atoms with van der Waals surface area (Å²) in [5, 5.41) is 10.8. The summed E-state index contributed by atoms with van der Waals surface area (Å²) in [5.41, 5.74) is 7.06. The quantitative estimate of drug-likeness (QED) is 0.633. The van der Waals surface area contributed by atoms with Gasteiger partial charge in [0.1, 0.15) is 0 Å². The van der Waals surface area contributed by atoms with E-state index in [-0.39, 0.29) is 12.2 Å². The number of ether oxygens (including phenoxy) is 2. The fourth-order valence-corrected chi connectivity index (χ4v) is 1.95. The van der Waals surface area contributed by atoms with Gasteiger partial charge in [0.25, 0.3) is 5.69 Å².